The van der Waals surface area contributed by atoms with Gasteiger partial charge < -0.3 is 10.1 Å². The van der Waals surface area contributed by atoms with E-state index in [0.29, 0.717) is 19.2 Å². The van der Waals surface area contributed by atoms with Crippen molar-refractivity contribution in [3.05, 3.63) is 29.3 Å². The SMILES string of the molecule is CC(C)N1CCOC(CNc2c(F)c(F)cc(F)c2F)C1. The highest BCUT2D eigenvalue weighted by atomic mass is 19.2. The van der Waals surface area contributed by atoms with E-state index in [2.05, 4.69) is 10.2 Å². The van der Waals surface area contributed by atoms with Crippen LogP contribution in [-0.2, 0) is 4.74 Å². The minimum atomic E-state index is -1.43. The monoisotopic (exact) mass is 306 g/mol. The van der Waals surface area contributed by atoms with E-state index in [4.69, 9.17) is 4.74 Å². The summed E-state index contributed by atoms with van der Waals surface area (Å²) in [6.45, 7) is 6.03. The van der Waals surface area contributed by atoms with Gasteiger partial charge in [0.05, 0.1) is 12.7 Å². The van der Waals surface area contributed by atoms with Crippen molar-refractivity contribution in [3.8, 4) is 0 Å². The molecule has 0 aliphatic carbocycles. The van der Waals surface area contributed by atoms with Gasteiger partial charge in [-0.1, -0.05) is 0 Å². The van der Waals surface area contributed by atoms with Gasteiger partial charge in [0.2, 0.25) is 0 Å². The third kappa shape index (κ3) is 3.65. The summed E-state index contributed by atoms with van der Waals surface area (Å²) < 4.78 is 58.7. The van der Waals surface area contributed by atoms with E-state index < -0.39 is 29.0 Å². The van der Waals surface area contributed by atoms with Gasteiger partial charge in [-0.25, -0.2) is 17.6 Å². The van der Waals surface area contributed by atoms with Crippen LogP contribution in [0.15, 0.2) is 6.07 Å². The Balaban J connectivity index is 2.03. The molecule has 1 fully saturated rings. The first-order chi connectivity index (χ1) is 9.90. The zero-order chi connectivity index (χ0) is 15.6. The Morgan fingerprint density at radius 1 is 1.24 bits per heavy atom. The number of nitrogens with zero attached hydrogens (tertiary/aromatic N) is 1. The summed E-state index contributed by atoms with van der Waals surface area (Å²) in [7, 11) is 0. The quantitative estimate of drug-likeness (QED) is 0.684. The topological polar surface area (TPSA) is 24.5 Å². The molecule has 1 N–H and O–H groups in total. The number of anilines is 1. The van der Waals surface area contributed by atoms with Gasteiger partial charge in [-0.2, -0.15) is 0 Å². The third-order valence-electron chi connectivity index (χ3n) is 3.52. The largest absolute Gasteiger partial charge is 0.377 e. The molecule has 7 heteroatoms. The molecule has 3 nitrogen and oxygen atoms in total. The molecule has 1 atom stereocenters. The minimum absolute atomic E-state index is 0.0694. The van der Waals surface area contributed by atoms with Crippen molar-refractivity contribution in [2.75, 3.05) is 31.6 Å². The van der Waals surface area contributed by atoms with Crippen LogP contribution in [0.3, 0.4) is 0 Å². The van der Waals surface area contributed by atoms with Gasteiger partial charge in [-0.3, -0.25) is 4.90 Å². The number of benzene rings is 1. The predicted octanol–water partition coefficient (Wildman–Crippen LogP) is 2.76. The molecule has 0 amide bonds. The highest BCUT2D eigenvalue weighted by Crippen LogP contribution is 2.24. The first-order valence-corrected chi connectivity index (χ1v) is 6.82. The van der Waals surface area contributed by atoms with Crippen LogP contribution in [0, 0.1) is 23.3 Å². The summed E-state index contributed by atoms with van der Waals surface area (Å²) in [4.78, 5) is 2.16. The summed E-state index contributed by atoms with van der Waals surface area (Å²) in [6, 6.07) is 0.518. The second kappa shape index (κ2) is 6.62. The van der Waals surface area contributed by atoms with E-state index in [9.17, 15) is 17.6 Å². The number of morpholine rings is 1. The van der Waals surface area contributed by atoms with E-state index in [1.165, 1.54) is 0 Å². The number of nitrogens with one attached hydrogen (secondary N) is 1. The van der Waals surface area contributed by atoms with Gasteiger partial charge in [0, 0.05) is 31.7 Å². The number of ether oxygens (including phenoxy) is 1. The molecule has 0 radical (unpaired) electrons. The van der Waals surface area contributed by atoms with Crippen molar-refractivity contribution in [2.45, 2.75) is 26.0 Å². The second-order valence-electron chi connectivity index (χ2n) is 5.31. The average Bonchev–Trinajstić information content (AvgIpc) is 2.45. The van der Waals surface area contributed by atoms with Gasteiger partial charge in [0.15, 0.2) is 23.3 Å². The van der Waals surface area contributed by atoms with Crippen LogP contribution in [0.4, 0.5) is 23.2 Å². The van der Waals surface area contributed by atoms with Crippen LogP contribution in [0.2, 0.25) is 0 Å². The Morgan fingerprint density at radius 3 is 2.43 bits per heavy atom. The molecule has 0 saturated carbocycles. The molecule has 1 saturated heterocycles. The molecule has 0 spiro atoms. The van der Waals surface area contributed by atoms with E-state index in [0.717, 1.165) is 6.54 Å². The molecule has 1 heterocycles. The normalized spacial score (nSPS) is 20.0. The summed E-state index contributed by atoms with van der Waals surface area (Å²) in [5.74, 6) is -5.70. The summed E-state index contributed by atoms with van der Waals surface area (Å²) in [5.41, 5.74) is -0.794. The van der Waals surface area contributed by atoms with Crippen molar-refractivity contribution in [2.24, 2.45) is 0 Å². The maximum Gasteiger partial charge on any atom is 0.185 e. The second-order valence-corrected chi connectivity index (χ2v) is 5.31. The number of hydrogen-bond acceptors (Lipinski definition) is 3. The Bertz CT molecular complexity index is 484. The van der Waals surface area contributed by atoms with Crippen molar-refractivity contribution < 1.29 is 22.3 Å². The van der Waals surface area contributed by atoms with Crippen LogP contribution in [0.1, 0.15) is 13.8 Å². The first kappa shape index (κ1) is 16.0. The van der Waals surface area contributed by atoms with Crippen molar-refractivity contribution >= 4 is 5.69 Å². The lowest BCUT2D eigenvalue weighted by Crippen LogP contribution is -2.48. The Hall–Kier alpha value is -1.34. The molecule has 1 aromatic rings. The summed E-state index contributed by atoms with van der Waals surface area (Å²) >= 11 is 0. The van der Waals surface area contributed by atoms with Gasteiger partial charge >= 0.3 is 0 Å². The number of hydrogen-bond donors (Lipinski definition) is 1. The Kier molecular flexibility index (Phi) is 5.05. The van der Waals surface area contributed by atoms with Gasteiger partial charge in [0.25, 0.3) is 0 Å². The molecular formula is C14H18F4N2O. The highest BCUT2D eigenvalue weighted by Gasteiger charge is 2.24. The molecule has 1 aliphatic heterocycles. The molecule has 1 unspecified atom stereocenters. The molecular weight excluding hydrogens is 288 g/mol. The van der Waals surface area contributed by atoms with E-state index >= 15 is 0 Å². The smallest absolute Gasteiger partial charge is 0.185 e. The van der Waals surface area contributed by atoms with Gasteiger partial charge in [0.1, 0.15) is 5.69 Å². The molecule has 21 heavy (non-hydrogen) atoms. The average molecular weight is 306 g/mol. The molecule has 118 valence electrons. The molecule has 1 aromatic carbocycles. The van der Waals surface area contributed by atoms with Crippen LogP contribution in [0.5, 0.6) is 0 Å². The lowest BCUT2D eigenvalue weighted by atomic mass is 10.2. The zero-order valence-electron chi connectivity index (χ0n) is 11.9. The predicted molar refractivity (Wildman–Crippen MR) is 71.2 cm³/mol. The van der Waals surface area contributed by atoms with E-state index in [1.807, 2.05) is 13.8 Å². The fourth-order valence-corrected chi connectivity index (χ4v) is 2.28. The Labute approximate surface area is 120 Å². The third-order valence-corrected chi connectivity index (χ3v) is 3.52. The van der Waals surface area contributed by atoms with Gasteiger partial charge in [-0.15, -0.1) is 0 Å². The van der Waals surface area contributed by atoms with Gasteiger partial charge in [-0.05, 0) is 13.8 Å². The fourth-order valence-electron chi connectivity index (χ4n) is 2.28. The van der Waals surface area contributed by atoms with E-state index in [-0.39, 0.29) is 18.7 Å². The highest BCUT2D eigenvalue weighted by molar-refractivity contribution is 5.47. The molecule has 0 bridgehead atoms. The van der Waals surface area contributed by atoms with Crippen molar-refractivity contribution in [1.82, 2.24) is 4.90 Å². The standard InChI is InChI=1S/C14H18F4N2O/c1-8(2)20-3-4-21-9(7-20)6-19-14-12(17)10(15)5-11(16)13(14)18/h5,8-9,19H,3-4,6-7H2,1-2H3. The van der Waals surface area contributed by atoms with Crippen molar-refractivity contribution in [1.29, 1.82) is 0 Å². The number of rotatable bonds is 4. The first-order valence-electron chi connectivity index (χ1n) is 6.82. The van der Waals surface area contributed by atoms with Crippen LogP contribution >= 0.6 is 0 Å². The molecule has 1 aliphatic rings. The summed E-state index contributed by atoms with van der Waals surface area (Å²) in [5, 5.41) is 2.41. The van der Waals surface area contributed by atoms with E-state index in [1.54, 1.807) is 0 Å². The number of halogens is 4. The Morgan fingerprint density at radius 2 is 1.86 bits per heavy atom. The maximum absolute atomic E-state index is 13.5. The van der Waals surface area contributed by atoms with Crippen molar-refractivity contribution in [3.63, 3.8) is 0 Å². The van der Waals surface area contributed by atoms with Crippen LogP contribution in [-0.4, -0.2) is 43.3 Å². The van der Waals surface area contributed by atoms with Crippen LogP contribution in [0.25, 0.3) is 0 Å². The zero-order valence-corrected chi connectivity index (χ0v) is 11.9. The molecule has 0 aromatic heterocycles. The summed E-state index contributed by atoms with van der Waals surface area (Å²) in [6.07, 6.45) is -0.300. The fraction of sp³-hybridized carbons (Fsp3) is 0.571. The maximum atomic E-state index is 13.5. The van der Waals surface area contributed by atoms with Crippen LogP contribution < -0.4 is 5.32 Å². The molecule has 2 rings (SSSR count). The minimum Gasteiger partial charge on any atom is -0.377 e. The lowest BCUT2D eigenvalue weighted by molar-refractivity contribution is -0.0316. The lowest BCUT2D eigenvalue weighted by Gasteiger charge is -2.35.